The highest BCUT2D eigenvalue weighted by Crippen LogP contribution is 2.27. The van der Waals surface area contributed by atoms with Crippen LogP contribution in [-0.2, 0) is 14.8 Å². The second kappa shape index (κ2) is 6.64. The maximum Gasteiger partial charge on any atom is 0.231 e. The second-order valence-electron chi connectivity index (χ2n) is 5.40. The molecule has 1 aromatic rings. The fourth-order valence-electron chi connectivity index (χ4n) is 2.17. The number of benzene rings is 1. The van der Waals surface area contributed by atoms with Gasteiger partial charge in [0, 0.05) is 12.2 Å². The van der Waals surface area contributed by atoms with E-state index in [1.807, 2.05) is 6.92 Å². The highest BCUT2D eigenvalue weighted by atomic mass is 35.5. The molecule has 1 aliphatic heterocycles. The molecule has 0 saturated carbocycles. The zero-order valence-electron chi connectivity index (χ0n) is 12.0. The lowest BCUT2D eigenvalue weighted by Gasteiger charge is -2.21. The van der Waals surface area contributed by atoms with Crippen molar-refractivity contribution in [1.82, 2.24) is 5.32 Å². The van der Waals surface area contributed by atoms with Crippen molar-refractivity contribution < 1.29 is 13.2 Å². The van der Waals surface area contributed by atoms with Gasteiger partial charge in [0.1, 0.15) is 0 Å². The Morgan fingerprint density at radius 3 is 2.57 bits per heavy atom. The Morgan fingerprint density at radius 2 is 2.00 bits per heavy atom. The summed E-state index contributed by atoms with van der Waals surface area (Å²) in [6.07, 6.45) is 1.88. The summed E-state index contributed by atoms with van der Waals surface area (Å²) < 4.78 is 24.8. The normalized spacial score (nSPS) is 21.4. The molecular weight excluding hydrogens is 314 g/mol. The third-order valence-electron chi connectivity index (χ3n) is 3.34. The van der Waals surface area contributed by atoms with Crippen molar-refractivity contribution in [2.24, 2.45) is 5.41 Å². The molecule has 0 spiro atoms. The van der Waals surface area contributed by atoms with Gasteiger partial charge in [-0.2, -0.15) is 0 Å². The molecule has 1 saturated heterocycles. The minimum Gasteiger partial charge on any atom is -0.326 e. The predicted octanol–water partition coefficient (Wildman–Crippen LogP) is 1.42. The van der Waals surface area contributed by atoms with Gasteiger partial charge in [-0.25, -0.2) is 8.42 Å². The summed E-state index contributed by atoms with van der Waals surface area (Å²) in [5.74, 6) is -0.0565. The molecule has 21 heavy (non-hydrogen) atoms. The van der Waals surface area contributed by atoms with E-state index in [4.69, 9.17) is 0 Å². The van der Waals surface area contributed by atoms with Crippen LogP contribution < -0.4 is 15.4 Å². The Bertz CT molecular complexity index is 613. The quantitative estimate of drug-likeness (QED) is 0.777. The molecule has 3 N–H and O–H groups in total. The Balaban J connectivity index is 0.00000220. The number of hydrogen-bond acceptors (Lipinski definition) is 4. The average molecular weight is 334 g/mol. The van der Waals surface area contributed by atoms with E-state index in [1.165, 1.54) is 0 Å². The Morgan fingerprint density at radius 1 is 1.33 bits per heavy atom. The highest BCUT2D eigenvalue weighted by Gasteiger charge is 2.36. The van der Waals surface area contributed by atoms with Crippen molar-refractivity contribution in [2.75, 3.05) is 29.4 Å². The minimum absolute atomic E-state index is 0. The largest absolute Gasteiger partial charge is 0.326 e. The van der Waals surface area contributed by atoms with Gasteiger partial charge in [0.25, 0.3) is 0 Å². The van der Waals surface area contributed by atoms with Gasteiger partial charge in [-0.05, 0) is 38.1 Å². The van der Waals surface area contributed by atoms with Crippen LogP contribution in [0.5, 0.6) is 0 Å². The summed E-state index contributed by atoms with van der Waals surface area (Å²) in [6, 6.07) is 6.66. The molecule has 0 aliphatic carbocycles. The first kappa shape index (κ1) is 17.7. The van der Waals surface area contributed by atoms with Gasteiger partial charge in [-0.15, -0.1) is 12.4 Å². The van der Waals surface area contributed by atoms with E-state index >= 15 is 0 Å². The third-order valence-corrected chi connectivity index (χ3v) is 3.95. The Kier molecular flexibility index (Phi) is 5.61. The van der Waals surface area contributed by atoms with Crippen LogP contribution in [0.2, 0.25) is 0 Å². The molecule has 2 rings (SSSR count). The summed E-state index contributed by atoms with van der Waals surface area (Å²) in [7, 11) is -3.32. The van der Waals surface area contributed by atoms with Gasteiger partial charge < -0.3 is 10.6 Å². The second-order valence-corrected chi connectivity index (χ2v) is 7.15. The monoisotopic (exact) mass is 333 g/mol. The van der Waals surface area contributed by atoms with Crippen LogP contribution >= 0.6 is 12.4 Å². The summed E-state index contributed by atoms with van der Waals surface area (Å²) in [4.78, 5) is 12.2. The molecule has 0 bridgehead atoms. The number of rotatable bonds is 4. The first-order chi connectivity index (χ1) is 9.28. The van der Waals surface area contributed by atoms with Crippen LogP contribution in [0.15, 0.2) is 24.3 Å². The van der Waals surface area contributed by atoms with E-state index in [2.05, 4.69) is 15.4 Å². The maximum absolute atomic E-state index is 12.2. The number of halogens is 1. The van der Waals surface area contributed by atoms with Crippen molar-refractivity contribution in [3.8, 4) is 0 Å². The molecule has 8 heteroatoms. The number of nitrogens with one attached hydrogen (secondary N) is 3. The van der Waals surface area contributed by atoms with E-state index in [0.29, 0.717) is 17.9 Å². The van der Waals surface area contributed by atoms with E-state index in [1.54, 1.807) is 24.3 Å². The SMILES string of the molecule is CC1(C(=O)Nc2cccc(NS(C)(=O)=O)c2)CCNC1.Cl. The van der Waals surface area contributed by atoms with Gasteiger partial charge >= 0.3 is 0 Å². The van der Waals surface area contributed by atoms with Gasteiger partial charge in [-0.3, -0.25) is 9.52 Å². The predicted molar refractivity (Wildman–Crippen MR) is 86.4 cm³/mol. The molecule has 1 unspecified atom stereocenters. The van der Waals surface area contributed by atoms with E-state index in [0.717, 1.165) is 19.2 Å². The summed E-state index contributed by atoms with van der Waals surface area (Å²) in [5.41, 5.74) is 0.595. The topological polar surface area (TPSA) is 87.3 Å². The summed E-state index contributed by atoms with van der Waals surface area (Å²) >= 11 is 0. The van der Waals surface area contributed by atoms with Crippen LogP contribution in [0.4, 0.5) is 11.4 Å². The molecule has 0 aromatic heterocycles. The minimum atomic E-state index is -3.32. The van der Waals surface area contributed by atoms with Crippen molar-refractivity contribution in [3.63, 3.8) is 0 Å². The van der Waals surface area contributed by atoms with E-state index in [9.17, 15) is 13.2 Å². The van der Waals surface area contributed by atoms with E-state index < -0.39 is 15.4 Å². The van der Waals surface area contributed by atoms with Gasteiger partial charge in [-0.1, -0.05) is 6.07 Å². The highest BCUT2D eigenvalue weighted by molar-refractivity contribution is 7.92. The lowest BCUT2D eigenvalue weighted by molar-refractivity contribution is -0.123. The van der Waals surface area contributed by atoms with Crippen LogP contribution in [0.25, 0.3) is 0 Å². The molecule has 1 aromatic carbocycles. The van der Waals surface area contributed by atoms with Crippen LogP contribution in [0.3, 0.4) is 0 Å². The number of carbonyl (C=O) groups excluding carboxylic acids is 1. The van der Waals surface area contributed by atoms with Crippen molar-refractivity contribution >= 4 is 39.7 Å². The molecule has 1 amide bonds. The first-order valence-electron chi connectivity index (χ1n) is 6.39. The van der Waals surface area contributed by atoms with Crippen molar-refractivity contribution in [2.45, 2.75) is 13.3 Å². The fourth-order valence-corrected chi connectivity index (χ4v) is 2.72. The standard InChI is InChI=1S/C13H19N3O3S.ClH/c1-13(6-7-14-9-13)12(17)15-10-4-3-5-11(8-10)16-20(2,18)19;/h3-5,8,14,16H,6-7,9H2,1-2H3,(H,15,17);1H. The summed E-state index contributed by atoms with van der Waals surface area (Å²) in [5, 5.41) is 6.01. The smallest absolute Gasteiger partial charge is 0.231 e. The molecule has 1 atom stereocenters. The first-order valence-corrected chi connectivity index (χ1v) is 8.28. The van der Waals surface area contributed by atoms with Crippen LogP contribution in [0, 0.1) is 5.41 Å². The average Bonchev–Trinajstić information content (AvgIpc) is 2.76. The zero-order chi connectivity index (χ0) is 14.8. The maximum atomic E-state index is 12.2. The molecule has 1 aliphatic rings. The molecule has 1 fully saturated rings. The lowest BCUT2D eigenvalue weighted by atomic mass is 9.89. The van der Waals surface area contributed by atoms with Gasteiger partial charge in [0.2, 0.25) is 15.9 Å². The number of carbonyl (C=O) groups is 1. The number of hydrogen-bond donors (Lipinski definition) is 3. The van der Waals surface area contributed by atoms with E-state index in [-0.39, 0.29) is 18.3 Å². The lowest BCUT2D eigenvalue weighted by Crippen LogP contribution is -2.35. The van der Waals surface area contributed by atoms with Crippen LogP contribution in [0.1, 0.15) is 13.3 Å². The molecule has 6 nitrogen and oxygen atoms in total. The zero-order valence-corrected chi connectivity index (χ0v) is 13.6. The Hall–Kier alpha value is -1.31. The molecular formula is C13H20ClN3O3S. The van der Waals surface area contributed by atoms with Gasteiger partial charge in [0.05, 0.1) is 17.4 Å². The molecule has 118 valence electrons. The Labute approximate surface area is 131 Å². The van der Waals surface area contributed by atoms with Crippen LogP contribution in [-0.4, -0.2) is 33.7 Å². The number of amides is 1. The third kappa shape index (κ3) is 4.87. The van der Waals surface area contributed by atoms with Crippen molar-refractivity contribution in [3.05, 3.63) is 24.3 Å². The molecule has 0 radical (unpaired) electrons. The van der Waals surface area contributed by atoms with Gasteiger partial charge in [0.15, 0.2) is 0 Å². The summed E-state index contributed by atoms with van der Waals surface area (Å²) in [6.45, 7) is 3.40. The van der Waals surface area contributed by atoms with Crippen molar-refractivity contribution in [1.29, 1.82) is 0 Å². The number of sulfonamides is 1. The molecule has 1 heterocycles. The fraction of sp³-hybridized carbons (Fsp3) is 0.462. The number of anilines is 2.